The van der Waals surface area contributed by atoms with Crippen LogP contribution in [0.5, 0.6) is 11.5 Å². The van der Waals surface area contributed by atoms with Crippen molar-refractivity contribution in [3.05, 3.63) is 120 Å². The van der Waals surface area contributed by atoms with Crippen molar-refractivity contribution in [1.82, 2.24) is 0 Å². The SMILES string of the molecule is C=CCOc1ccc2ccccc2c1/C=C(\C#N)C(=O)Nc1ccc(OCc2ccccc2)cc1. The predicted molar refractivity (Wildman–Crippen MR) is 139 cm³/mol. The highest BCUT2D eigenvalue weighted by Gasteiger charge is 2.14. The van der Waals surface area contributed by atoms with E-state index in [0.29, 0.717) is 36.0 Å². The first-order chi connectivity index (χ1) is 17.2. The van der Waals surface area contributed by atoms with Crippen molar-refractivity contribution in [1.29, 1.82) is 5.26 Å². The summed E-state index contributed by atoms with van der Waals surface area (Å²) in [6.45, 7) is 4.45. The van der Waals surface area contributed by atoms with Crippen LogP contribution in [0, 0.1) is 11.3 Å². The molecule has 172 valence electrons. The van der Waals surface area contributed by atoms with Gasteiger partial charge in [0.05, 0.1) is 0 Å². The first kappa shape index (κ1) is 23.3. The molecule has 0 saturated heterocycles. The summed E-state index contributed by atoms with van der Waals surface area (Å²) < 4.78 is 11.6. The van der Waals surface area contributed by atoms with Crippen LogP contribution in [-0.4, -0.2) is 12.5 Å². The average molecular weight is 461 g/mol. The van der Waals surface area contributed by atoms with Crippen molar-refractivity contribution in [2.45, 2.75) is 6.61 Å². The average Bonchev–Trinajstić information content (AvgIpc) is 2.91. The van der Waals surface area contributed by atoms with E-state index in [9.17, 15) is 10.1 Å². The number of carbonyl (C=O) groups excluding carboxylic acids is 1. The second-order valence-corrected chi connectivity index (χ2v) is 7.72. The van der Waals surface area contributed by atoms with E-state index in [1.54, 1.807) is 36.4 Å². The summed E-state index contributed by atoms with van der Waals surface area (Å²) in [4.78, 5) is 12.9. The van der Waals surface area contributed by atoms with Crippen molar-refractivity contribution in [3.8, 4) is 17.6 Å². The second kappa shape index (κ2) is 11.4. The Balaban J connectivity index is 1.52. The van der Waals surface area contributed by atoms with Crippen molar-refractivity contribution in [2.75, 3.05) is 11.9 Å². The quantitative estimate of drug-likeness (QED) is 0.175. The molecule has 0 spiro atoms. The van der Waals surface area contributed by atoms with E-state index < -0.39 is 5.91 Å². The van der Waals surface area contributed by atoms with Crippen molar-refractivity contribution in [2.24, 2.45) is 0 Å². The van der Waals surface area contributed by atoms with Crippen molar-refractivity contribution < 1.29 is 14.3 Å². The Kier molecular flexibility index (Phi) is 7.57. The van der Waals surface area contributed by atoms with Crippen LogP contribution in [-0.2, 0) is 11.4 Å². The van der Waals surface area contributed by atoms with E-state index in [2.05, 4.69) is 11.9 Å². The number of hydrogen-bond donors (Lipinski definition) is 1. The topological polar surface area (TPSA) is 71.3 Å². The maximum atomic E-state index is 12.9. The highest BCUT2D eigenvalue weighted by atomic mass is 16.5. The van der Waals surface area contributed by atoms with Crippen molar-refractivity contribution in [3.63, 3.8) is 0 Å². The van der Waals surface area contributed by atoms with Crippen LogP contribution >= 0.6 is 0 Å². The van der Waals surface area contributed by atoms with E-state index in [4.69, 9.17) is 9.47 Å². The zero-order chi connectivity index (χ0) is 24.5. The van der Waals surface area contributed by atoms with Gasteiger partial charge in [0, 0.05) is 11.3 Å². The zero-order valence-electron chi connectivity index (χ0n) is 19.1. The molecule has 1 amide bonds. The fraction of sp³-hybridized carbons (Fsp3) is 0.0667. The third-order valence-corrected chi connectivity index (χ3v) is 5.30. The molecule has 0 bridgehead atoms. The minimum absolute atomic E-state index is 0.0331. The molecule has 0 aromatic heterocycles. The molecule has 0 heterocycles. The Bertz CT molecular complexity index is 1400. The molecule has 4 aromatic rings. The summed E-state index contributed by atoms with van der Waals surface area (Å²) in [7, 11) is 0. The van der Waals surface area contributed by atoms with Gasteiger partial charge in [0.2, 0.25) is 0 Å². The first-order valence-corrected chi connectivity index (χ1v) is 11.1. The summed E-state index contributed by atoms with van der Waals surface area (Å²) in [5.74, 6) is 0.750. The number of nitrogens with zero attached hydrogens (tertiary/aromatic N) is 1. The zero-order valence-corrected chi connectivity index (χ0v) is 19.1. The number of nitriles is 1. The molecular formula is C30H24N2O3. The molecule has 0 aliphatic carbocycles. The van der Waals surface area contributed by atoms with Gasteiger partial charge in [-0.1, -0.05) is 73.3 Å². The standard InChI is InChI=1S/C30H24N2O3/c1-2-18-34-29-17-12-23-10-6-7-11-27(23)28(29)19-24(20-31)30(33)32-25-13-15-26(16-14-25)35-21-22-8-4-3-5-9-22/h2-17,19H,1,18,21H2,(H,32,33)/b24-19+. The molecule has 0 aliphatic rings. The highest BCUT2D eigenvalue weighted by Crippen LogP contribution is 2.30. The predicted octanol–water partition coefficient (Wildman–Crippen LogP) is 6.53. The minimum atomic E-state index is -0.506. The number of amides is 1. The summed E-state index contributed by atoms with van der Waals surface area (Å²) in [5, 5.41) is 14.4. The lowest BCUT2D eigenvalue weighted by molar-refractivity contribution is -0.112. The lowest BCUT2D eigenvalue weighted by atomic mass is 10.0. The summed E-state index contributed by atoms with van der Waals surface area (Å²) >= 11 is 0. The molecule has 0 atom stereocenters. The van der Waals surface area contributed by atoms with Crippen LogP contribution in [0.25, 0.3) is 16.8 Å². The monoisotopic (exact) mass is 460 g/mol. The maximum Gasteiger partial charge on any atom is 0.266 e. The van der Waals surface area contributed by atoms with Gasteiger partial charge in [-0.15, -0.1) is 0 Å². The smallest absolute Gasteiger partial charge is 0.266 e. The van der Waals surface area contributed by atoms with Crippen LogP contribution in [0.3, 0.4) is 0 Å². The summed E-state index contributed by atoms with van der Waals surface area (Å²) in [5.41, 5.74) is 2.26. The van der Waals surface area contributed by atoms with Gasteiger partial charge in [-0.2, -0.15) is 5.26 Å². The number of benzene rings is 4. The van der Waals surface area contributed by atoms with Crippen LogP contribution < -0.4 is 14.8 Å². The van der Waals surface area contributed by atoms with E-state index in [0.717, 1.165) is 16.3 Å². The first-order valence-electron chi connectivity index (χ1n) is 11.1. The molecule has 0 aliphatic heterocycles. The van der Waals surface area contributed by atoms with Gasteiger partial charge in [-0.05, 0) is 52.7 Å². The van der Waals surface area contributed by atoms with Crippen molar-refractivity contribution >= 4 is 28.4 Å². The normalized spacial score (nSPS) is 10.9. The Labute approximate surface area is 204 Å². The minimum Gasteiger partial charge on any atom is -0.489 e. The van der Waals surface area contributed by atoms with Gasteiger partial charge < -0.3 is 14.8 Å². The molecule has 4 rings (SSSR count). The van der Waals surface area contributed by atoms with Gasteiger partial charge in [-0.25, -0.2) is 0 Å². The molecule has 0 unspecified atom stereocenters. The van der Waals surface area contributed by atoms with E-state index in [-0.39, 0.29) is 5.57 Å². The fourth-order valence-corrected chi connectivity index (χ4v) is 3.57. The molecule has 5 nitrogen and oxygen atoms in total. The number of carbonyl (C=O) groups is 1. The lowest BCUT2D eigenvalue weighted by Crippen LogP contribution is -2.13. The molecule has 1 N–H and O–H groups in total. The Morgan fingerprint density at radius 3 is 2.40 bits per heavy atom. The number of hydrogen-bond acceptors (Lipinski definition) is 4. The second-order valence-electron chi connectivity index (χ2n) is 7.72. The third-order valence-electron chi connectivity index (χ3n) is 5.30. The summed E-state index contributed by atoms with van der Waals surface area (Å²) in [6, 6.07) is 30.4. The number of fused-ring (bicyclic) bond motifs is 1. The molecule has 0 fully saturated rings. The maximum absolute atomic E-state index is 12.9. The van der Waals surface area contributed by atoms with E-state index in [1.807, 2.05) is 72.8 Å². The van der Waals surface area contributed by atoms with Gasteiger partial charge in [0.1, 0.15) is 36.4 Å². The Morgan fingerprint density at radius 1 is 0.914 bits per heavy atom. The molecule has 0 radical (unpaired) electrons. The highest BCUT2D eigenvalue weighted by molar-refractivity contribution is 6.11. The molecular weight excluding hydrogens is 436 g/mol. The number of rotatable bonds is 9. The summed E-state index contributed by atoms with van der Waals surface area (Å²) in [6.07, 6.45) is 3.21. The molecule has 0 saturated carbocycles. The van der Waals surface area contributed by atoms with Crippen LogP contribution in [0.4, 0.5) is 5.69 Å². The van der Waals surface area contributed by atoms with Gasteiger partial charge in [0.15, 0.2) is 0 Å². The van der Waals surface area contributed by atoms with Gasteiger partial charge in [-0.3, -0.25) is 4.79 Å². The molecule has 4 aromatic carbocycles. The van der Waals surface area contributed by atoms with Crippen LogP contribution in [0.2, 0.25) is 0 Å². The Hall–Kier alpha value is -4.82. The van der Waals surface area contributed by atoms with Gasteiger partial charge >= 0.3 is 0 Å². The Morgan fingerprint density at radius 2 is 1.66 bits per heavy atom. The molecule has 35 heavy (non-hydrogen) atoms. The number of nitrogens with one attached hydrogen (secondary N) is 1. The van der Waals surface area contributed by atoms with Crippen LogP contribution in [0.1, 0.15) is 11.1 Å². The van der Waals surface area contributed by atoms with E-state index >= 15 is 0 Å². The lowest BCUT2D eigenvalue weighted by Gasteiger charge is -2.12. The van der Waals surface area contributed by atoms with E-state index in [1.165, 1.54) is 0 Å². The number of ether oxygens (including phenoxy) is 2. The fourth-order valence-electron chi connectivity index (χ4n) is 3.57. The molecule has 5 heteroatoms. The third kappa shape index (κ3) is 5.95. The number of anilines is 1. The largest absolute Gasteiger partial charge is 0.489 e. The van der Waals surface area contributed by atoms with Crippen LogP contribution in [0.15, 0.2) is 109 Å². The van der Waals surface area contributed by atoms with Gasteiger partial charge in [0.25, 0.3) is 5.91 Å².